The number of sulfonamides is 1. The molecule has 0 aromatic heterocycles. The van der Waals surface area contributed by atoms with Gasteiger partial charge in [0.05, 0.1) is 45.5 Å². The van der Waals surface area contributed by atoms with Crippen LogP contribution in [0.3, 0.4) is 0 Å². The Hall–Kier alpha value is -3.32. The number of nitrogens with one attached hydrogen (secondary N) is 2. The van der Waals surface area contributed by atoms with Gasteiger partial charge in [0, 0.05) is 17.8 Å². The Bertz CT molecular complexity index is 1490. The van der Waals surface area contributed by atoms with Gasteiger partial charge in [-0.05, 0) is 30.3 Å². The van der Waals surface area contributed by atoms with Crippen LogP contribution in [0.25, 0.3) is 0 Å². The molecule has 1 amide bonds. The van der Waals surface area contributed by atoms with Crippen LogP contribution in [-0.4, -0.2) is 33.5 Å². The Morgan fingerprint density at radius 2 is 1.64 bits per heavy atom. The van der Waals surface area contributed by atoms with Crippen LogP contribution in [0.15, 0.2) is 47.4 Å². The van der Waals surface area contributed by atoms with Gasteiger partial charge in [-0.25, -0.2) is 8.42 Å². The van der Waals surface area contributed by atoms with E-state index in [1.165, 1.54) is 26.4 Å². The number of anilines is 2. The van der Waals surface area contributed by atoms with Crippen LogP contribution in [-0.2, 0) is 10.0 Å². The Kier molecular flexibility index (Phi) is 8.14. The third-order valence-electron chi connectivity index (χ3n) is 4.67. The maximum absolute atomic E-state index is 13.6. The number of nitrogens with zero attached hydrogens (tertiary/aromatic N) is 1. The minimum atomic E-state index is -4.42. The molecule has 0 atom stereocenters. The first-order valence-corrected chi connectivity index (χ1v) is 12.2. The number of halogens is 4. The molecule has 0 heterocycles. The maximum Gasteiger partial charge on any atom is 0.306 e. The van der Waals surface area contributed by atoms with E-state index in [-0.39, 0.29) is 43.5 Å². The van der Waals surface area contributed by atoms with Gasteiger partial charge in [0.25, 0.3) is 15.9 Å². The van der Waals surface area contributed by atoms with Gasteiger partial charge in [0.1, 0.15) is 16.4 Å². The van der Waals surface area contributed by atoms with Crippen molar-refractivity contribution in [3.05, 3.63) is 79.0 Å². The summed E-state index contributed by atoms with van der Waals surface area (Å²) in [6, 6.07) is 7.26. The number of carbonyl (C=O) groups excluding carboxylic acids is 1. The molecule has 2 N–H and O–H groups in total. The standard InChI is InChI=1S/C21H15Cl3FN3O7S/c1-34-18-9-19(35-2)16(8-13(18)23)27-36(32,33)20-6-11(12(22)7-14(20)24)21(29)26-10-3-4-15(25)17(5-10)28(30)31/h3-9,27H,1-2H3,(H,26,29). The molecule has 0 saturated carbocycles. The molecular formula is C21H15Cl3FN3O7S. The van der Waals surface area contributed by atoms with Crippen molar-refractivity contribution in [2.45, 2.75) is 4.90 Å². The normalized spacial score (nSPS) is 11.1. The number of carbonyl (C=O) groups is 1. The van der Waals surface area contributed by atoms with Crippen LogP contribution in [0.4, 0.5) is 21.5 Å². The van der Waals surface area contributed by atoms with Gasteiger partial charge in [0.2, 0.25) is 5.82 Å². The lowest BCUT2D eigenvalue weighted by atomic mass is 10.2. The molecule has 3 aromatic rings. The third-order valence-corrected chi connectivity index (χ3v) is 7.11. The molecule has 0 radical (unpaired) electrons. The fourth-order valence-electron chi connectivity index (χ4n) is 2.98. The first-order valence-electron chi connectivity index (χ1n) is 9.56. The van der Waals surface area contributed by atoms with Crippen LogP contribution >= 0.6 is 34.8 Å². The van der Waals surface area contributed by atoms with Crippen molar-refractivity contribution in [1.82, 2.24) is 0 Å². The molecule has 3 rings (SSSR count). The molecule has 36 heavy (non-hydrogen) atoms. The van der Waals surface area contributed by atoms with Crippen molar-refractivity contribution in [3.63, 3.8) is 0 Å². The first-order chi connectivity index (χ1) is 16.9. The molecule has 0 spiro atoms. The number of hydrogen-bond donors (Lipinski definition) is 2. The molecule has 0 saturated heterocycles. The topological polar surface area (TPSA) is 137 Å². The van der Waals surface area contributed by atoms with Crippen molar-refractivity contribution in [1.29, 1.82) is 0 Å². The second kappa shape index (κ2) is 10.7. The molecule has 0 aliphatic rings. The zero-order valence-corrected chi connectivity index (χ0v) is 21.4. The lowest BCUT2D eigenvalue weighted by molar-refractivity contribution is -0.387. The zero-order valence-electron chi connectivity index (χ0n) is 18.3. The summed E-state index contributed by atoms with van der Waals surface area (Å²) in [5.74, 6) is -1.71. The van der Waals surface area contributed by atoms with Gasteiger partial charge in [-0.1, -0.05) is 34.8 Å². The highest BCUT2D eigenvalue weighted by Gasteiger charge is 2.25. The fourth-order valence-corrected chi connectivity index (χ4v) is 5.14. The average Bonchev–Trinajstić information content (AvgIpc) is 2.79. The molecule has 0 unspecified atom stereocenters. The summed E-state index contributed by atoms with van der Waals surface area (Å²) >= 11 is 18.3. The lowest BCUT2D eigenvalue weighted by Crippen LogP contribution is -2.17. The minimum absolute atomic E-state index is 0.0426. The quantitative estimate of drug-likeness (QED) is 0.256. The van der Waals surface area contributed by atoms with Crippen molar-refractivity contribution in [2.75, 3.05) is 24.3 Å². The highest BCUT2D eigenvalue weighted by molar-refractivity contribution is 7.92. The van der Waals surface area contributed by atoms with Crippen LogP contribution in [0, 0.1) is 15.9 Å². The van der Waals surface area contributed by atoms with Gasteiger partial charge in [-0.2, -0.15) is 4.39 Å². The number of ether oxygens (including phenoxy) is 2. The second-order valence-corrected chi connectivity index (χ2v) is 9.80. The van der Waals surface area contributed by atoms with Crippen LogP contribution in [0.5, 0.6) is 11.5 Å². The predicted molar refractivity (Wildman–Crippen MR) is 133 cm³/mol. The van der Waals surface area contributed by atoms with Crippen LogP contribution in [0.2, 0.25) is 15.1 Å². The minimum Gasteiger partial charge on any atom is -0.495 e. The molecule has 0 aliphatic heterocycles. The Balaban J connectivity index is 1.98. The second-order valence-electron chi connectivity index (χ2n) is 6.93. The summed E-state index contributed by atoms with van der Waals surface area (Å²) < 4.78 is 52.4. The molecule has 3 aromatic carbocycles. The van der Waals surface area contributed by atoms with E-state index in [1.54, 1.807) is 0 Å². The molecular weight excluding hydrogens is 564 g/mol. The zero-order chi connectivity index (χ0) is 26.8. The molecule has 15 heteroatoms. The van der Waals surface area contributed by atoms with Gasteiger partial charge >= 0.3 is 5.69 Å². The summed E-state index contributed by atoms with van der Waals surface area (Å²) in [5.41, 5.74) is -1.36. The van der Waals surface area contributed by atoms with Crippen molar-refractivity contribution in [2.24, 2.45) is 0 Å². The van der Waals surface area contributed by atoms with E-state index in [2.05, 4.69) is 10.0 Å². The largest absolute Gasteiger partial charge is 0.495 e. The highest BCUT2D eigenvalue weighted by Crippen LogP contribution is 2.38. The summed E-state index contributed by atoms with van der Waals surface area (Å²) in [4.78, 5) is 22.3. The van der Waals surface area contributed by atoms with Crippen LogP contribution in [0.1, 0.15) is 10.4 Å². The van der Waals surface area contributed by atoms with Crippen molar-refractivity contribution < 1.29 is 32.0 Å². The Morgan fingerprint density at radius 3 is 2.25 bits per heavy atom. The fraction of sp³-hybridized carbons (Fsp3) is 0.0952. The van der Waals surface area contributed by atoms with E-state index in [1.807, 2.05) is 0 Å². The van der Waals surface area contributed by atoms with E-state index in [4.69, 9.17) is 44.3 Å². The smallest absolute Gasteiger partial charge is 0.306 e. The number of rotatable bonds is 8. The highest BCUT2D eigenvalue weighted by atomic mass is 35.5. The predicted octanol–water partition coefficient (Wildman–Crippen LogP) is 5.76. The lowest BCUT2D eigenvalue weighted by Gasteiger charge is -2.16. The molecule has 0 fully saturated rings. The summed E-state index contributed by atoms with van der Waals surface area (Å²) in [5, 5.41) is 12.8. The maximum atomic E-state index is 13.6. The molecule has 190 valence electrons. The SMILES string of the molecule is COc1cc(OC)c(NS(=O)(=O)c2cc(C(=O)Nc3ccc(F)c([N+](=O)[O-])c3)c(Cl)cc2Cl)cc1Cl. The number of methoxy groups -OCH3 is 2. The number of hydrogen-bond acceptors (Lipinski definition) is 7. The van der Waals surface area contributed by atoms with Gasteiger partial charge < -0.3 is 14.8 Å². The summed E-state index contributed by atoms with van der Waals surface area (Å²) in [6.45, 7) is 0. The van der Waals surface area contributed by atoms with Crippen molar-refractivity contribution >= 4 is 67.8 Å². The number of nitro groups is 1. The monoisotopic (exact) mass is 577 g/mol. The molecule has 0 aliphatic carbocycles. The van der Waals surface area contributed by atoms with Gasteiger partial charge in [-0.15, -0.1) is 0 Å². The summed E-state index contributed by atoms with van der Waals surface area (Å²) in [7, 11) is -1.75. The van der Waals surface area contributed by atoms with E-state index >= 15 is 0 Å². The van der Waals surface area contributed by atoms with Crippen LogP contribution < -0.4 is 19.5 Å². The van der Waals surface area contributed by atoms with E-state index in [0.717, 1.165) is 30.3 Å². The number of benzene rings is 3. The third kappa shape index (κ3) is 5.73. The molecule has 0 bridgehead atoms. The Labute approximate surface area is 219 Å². The van der Waals surface area contributed by atoms with E-state index in [9.17, 15) is 27.7 Å². The average molecular weight is 579 g/mol. The number of nitro benzene ring substituents is 1. The van der Waals surface area contributed by atoms with E-state index in [0.29, 0.717) is 0 Å². The number of amides is 1. The summed E-state index contributed by atoms with van der Waals surface area (Å²) in [6.07, 6.45) is 0. The molecule has 10 nitrogen and oxygen atoms in total. The van der Waals surface area contributed by atoms with Gasteiger partial charge in [-0.3, -0.25) is 19.6 Å². The van der Waals surface area contributed by atoms with Crippen molar-refractivity contribution in [3.8, 4) is 11.5 Å². The van der Waals surface area contributed by atoms with E-state index < -0.39 is 37.3 Å². The Morgan fingerprint density at radius 1 is 0.972 bits per heavy atom. The van der Waals surface area contributed by atoms with Gasteiger partial charge in [0.15, 0.2) is 0 Å². The first kappa shape index (κ1) is 27.3.